The van der Waals surface area contributed by atoms with Gasteiger partial charge >= 0.3 is 18.3 Å². The van der Waals surface area contributed by atoms with Gasteiger partial charge in [-0.3, -0.25) is 4.79 Å². The van der Waals surface area contributed by atoms with Crippen LogP contribution in [-0.2, 0) is 28.5 Å². The molecule has 162 valence electrons. The molecule has 0 fully saturated rings. The molecule has 0 spiro atoms. The molecule has 0 aromatic heterocycles. The number of carbonyl (C=O) groups is 3. The van der Waals surface area contributed by atoms with Gasteiger partial charge in [-0.05, 0) is 25.5 Å². The van der Waals surface area contributed by atoms with E-state index in [1.54, 1.807) is 32.0 Å². The highest BCUT2D eigenvalue weighted by atomic mass is 35.5. The second kappa shape index (κ2) is 10.2. The first-order valence-electron chi connectivity index (χ1n) is 8.51. The third-order valence-corrected chi connectivity index (χ3v) is 4.76. The van der Waals surface area contributed by atoms with Crippen molar-refractivity contribution < 1.29 is 38.1 Å². The van der Waals surface area contributed by atoms with Crippen LogP contribution in [0.5, 0.6) is 0 Å². The molecule has 30 heavy (non-hydrogen) atoms. The standard InChI is InChI=1S/C19H19Cl2NO8/c1-9-16(29-18(24)26-4)14(12-6-5-7-13(20)15(12)21)17(10(2)22-9)30-19(25)28-8-27-11(3)23/h5-7,14,22H,8H2,1-4H3. The summed E-state index contributed by atoms with van der Waals surface area (Å²) in [7, 11) is 1.15. The van der Waals surface area contributed by atoms with Gasteiger partial charge in [0, 0.05) is 6.92 Å². The average Bonchev–Trinajstić information content (AvgIpc) is 2.67. The van der Waals surface area contributed by atoms with Crippen LogP contribution in [0.3, 0.4) is 0 Å². The zero-order valence-electron chi connectivity index (χ0n) is 16.5. The molecule has 1 aliphatic rings. The molecule has 0 amide bonds. The van der Waals surface area contributed by atoms with Gasteiger partial charge in [-0.25, -0.2) is 9.59 Å². The fraction of sp³-hybridized carbons (Fsp3) is 0.316. The molecule has 1 unspecified atom stereocenters. The van der Waals surface area contributed by atoms with E-state index in [1.165, 1.54) is 0 Å². The molecule has 11 heteroatoms. The third-order valence-electron chi connectivity index (χ3n) is 3.92. The number of rotatable bonds is 5. The summed E-state index contributed by atoms with van der Waals surface area (Å²) in [5, 5.41) is 3.38. The molecule has 1 aromatic rings. The van der Waals surface area contributed by atoms with Gasteiger partial charge < -0.3 is 29.0 Å². The highest BCUT2D eigenvalue weighted by Gasteiger charge is 2.37. The number of nitrogens with one attached hydrogen (secondary N) is 1. The van der Waals surface area contributed by atoms with Gasteiger partial charge in [0.05, 0.1) is 28.5 Å². The van der Waals surface area contributed by atoms with Crippen LogP contribution in [0.15, 0.2) is 41.1 Å². The molecule has 1 aliphatic heterocycles. The minimum absolute atomic E-state index is 0.0384. The van der Waals surface area contributed by atoms with Crippen molar-refractivity contribution in [2.24, 2.45) is 0 Å². The number of dihydropyridines is 1. The molecule has 0 bridgehead atoms. The lowest BCUT2D eigenvalue weighted by Gasteiger charge is -2.30. The Hall–Kier alpha value is -2.91. The van der Waals surface area contributed by atoms with E-state index in [9.17, 15) is 14.4 Å². The molecule has 1 heterocycles. The summed E-state index contributed by atoms with van der Waals surface area (Å²) in [4.78, 5) is 34.8. The van der Waals surface area contributed by atoms with Crippen molar-refractivity contribution in [1.82, 2.24) is 5.32 Å². The van der Waals surface area contributed by atoms with E-state index < -0.39 is 31.0 Å². The monoisotopic (exact) mass is 459 g/mol. The fourth-order valence-electron chi connectivity index (χ4n) is 2.66. The van der Waals surface area contributed by atoms with Gasteiger partial charge in [-0.2, -0.15) is 0 Å². The summed E-state index contributed by atoms with van der Waals surface area (Å²) in [6, 6.07) is 4.86. The van der Waals surface area contributed by atoms with E-state index in [0.717, 1.165) is 14.0 Å². The van der Waals surface area contributed by atoms with Crippen molar-refractivity contribution in [3.63, 3.8) is 0 Å². The molecule has 1 aromatic carbocycles. The smallest absolute Gasteiger partial charge is 0.437 e. The van der Waals surface area contributed by atoms with E-state index in [1.807, 2.05) is 0 Å². The zero-order chi connectivity index (χ0) is 22.4. The number of ether oxygens (including phenoxy) is 5. The molecular formula is C19H19Cl2NO8. The average molecular weight is 460 g/mol. The highest BCUT2D eigenvalue weighted by molar-refractivity contribution is 6.42. The van der Waals surface area contributed by atoms with Crippen LogP contribution < -0.4 is 5.32 Å². The number of hydrogen-bond donors (Lipinski definition) is 1. The van der Waals surface area contributed by atoms with Crippen molar-refractivity contribution in [3.8, 4) is 0 Å². The van der Waals surface area contributed by atoms with Crippen LogP contribution in [0.25, 0.3) is 0 Å². The summed E-state index contributed by atoms with van der Waals surface area (Å²) in [5.41, 5.74) is 1.29. The zero-order valence-corrected chi connectivity index (χ0v) is 18.1. The largest absolute Gasteiger partial charge is 0.516 e. The number of halogens is 2. The molecule has 1 atom stereocenters. The van der Waals surface area contributed by atoms with Gasteiger partial charge in [0.25, 0.3) is 0 Å². The van der Waals surface area contributed by atoms with Gasteiger partial charge in [-0.15, -0.1) is 0 Å². The number of methoxy groups -OCH3 is 1. The van der Waals surface area contributed by atoms with E-state index in [-0.39, 0.29) is 21.6 Å². The Balaban J connectivity index is 2.45. The van der Waals surface area contributed by atoms with Crippen molar-refractivity contribution >= 4 is 41.5 Å². The first-order chi connectivity index (χ1) is 14.1. The lowest BCUT2D eigenvalue weighted by Crippen LogP contribution is -2.29. The summed E-state index contributed by atoms with van der Waals surface area (Å²) in [5.74, 6) is -1.44. The van der Waals surface area contributed by atoms with Gasteiger partial charge in [0.15, 0.2) is 0 Å². The first-order valence-corrected chi connectivity index (χ1v) is 9.27. The Morgan fingerprint density at radius 2 is 1.60 bits per heavy atom. The number of carbonyl (C=O) groups excluding carboxylic acids is 3. The summed E-state index contributed by atoms with van der Waals surface area (Å²) in [6.07, 6.45) is -2.13. The van der Waals surface area contributed by atoms with E-state index >= 15 is 0 Å². The van der Waals surface area contributed by atoms with Crippen molar-refractivity contribution in [1.29, 1.82) is 0 Å². The fourth-order valence-corrected chi connectivity index (χ4v) is 3.08. The predicted molar refractivity (Wildman–Crippen MR) is 105 cm³/mol. The lowest BCUT2D eigenvalue weighted by molar-refractivity contribution is -0.150. The Morgan fingerprint density at radius 3 is 2.17 bits per heavy atom. The second-order valence-corrected chi connectivity index (χ2v) is 6.77. The minimum atomic E-state index is -1.15. The Morgan fingerprint density at radius 1 is 1.00 bits per heavy atom. The first kappa shape index (κ1) is 23.4. The minimum Gasteiger partial charge on any atom is -0.437 e. The number of benzene rings is 1. The second-order valence-electron chi connectivity index (χ2n) is 5.99. The van der Waals surface area contributed by atoms with E-state index in [0.29, 0.717) is 17.0 Å². The lowest BCUT2D eigenvalue weighted by atomic mass is 9.90. The summed E-state index contributed by atoms with van der Waals surface area (Å²) >= 11 is 12.5. The van der Waals surface area contributed by atoms with E-state index in [4.69, 9.17) is 37.4 Å². The Labute approximate surface area is 182 Å². The number of hydrogen-bond acceptors (Lipinski definition) is 9. The molecule has 9 nitrogen and oxygen atoms in total. The van der Waals surface area contributed by atoms with Gasteiger partial charge in [0.2, 0.25) is 6.79 Å². The van der Waals surface area contributed by atoms with Crippen molar-refractivity contribution in [2.75, 3.05) is 13.9 Å². The Kier molecular flexibility index (Phi) is 7.96. The number of esters is 1. The molecule has 0 radical (unpaired) electrons. The molecule has 2 rings (SSSR count). The normalized spacial score (nSPS) is 15.9. The maximum atomic E-state index is 12.1. The topological polar surface area (TPSA) is 109 Å². The van der Waals surface area contributed by atoms with Gasteiger partial charge in [-0.1, -0.05) is 35.3 Å². The molecule has 1 N–H and O–H groups in total. The number of allylic oxidation sites excluding steroid dienone is 2. The third kappa shape index (κ3) is 5.58. The molecule has 0 saturated carbocycles. The summed E-state index contributed by atoms with van der Waals surface area (Å²) < 4.78 is 24.5. The van der Waals surface area contributed by atoms with Crippen molar-refractivity contribution in [2.45, 2.75) is 26.7 Å². The highest BCUT2D eigenvalue weighted by Crippen LogP contribution is 2.43. The molecule has 0 saturated heterocycles. The maximum absolute atomic E-state index is 12.1. The SMILES string of the molecule is COC(=O)OC1=C(C)NC(C)=C(OC(=O)OCOC(C)=O)C1c1cccc(Cl)c1Cl. The van der Waals surface area contributed by atoms with Gasteiger partial charge in [0.1, 0.15) is 17.4 Å². The van der Waals surface area contributed by atoms with Crippen LogP contribution in [0.1, 0.15) is 32.3 Å². The van der Waals surface area contributed by atoms with Crippen molar-refractivity contribution in [3.05, 3.63) is 56.7 Å². The summed E-state index contributed by atoms with van der Waals surface area (Å²) in [6.45, 7) is 3.83. The molecular weight excluding hydrogens is 441 g/mol. The Bertz CT molecular complexity index is 925. The van der Waals surface area contributed by atoms with Crippen LogP contribution in [-0.4, -0.2) is 32.2 Å². The maximum Gasteiger partial charge on any atom is 0.516 e. The quantitative estimate of drug-likeness (QED) is 0.383. The predicted octanol–water partition coefficient (Wildman–Crippen LogP) is 4.60. The van der Waals surface area contributed by atoms with Crippen LogP contribution in [0.2, 0.25) is 10.0 Å². The molecule has 0 aliphatic carbocycles. The van der Waals surface area contributed by atoms with Crippen LogP contribution in [0, 0.1) is 0 Å². The van der Waals surface area contributed by atoms with E-state index in [2.05, 4.69) is 14.8 Å². The van der Waals surface area contributed by atoms with Crippen LogP contribution >= 0.6 is 23.2 Å². The van der Waals surface area contributed by atoms with Crippen LogP contribution in [0.4, 0.5) is 9.59 Å².